The van der Waals surface area contributed by atoms with Gasteiger partial charge in [0.25, 0.3) is 0 Å². The van der Waals surface area contributed by atoms with Crippen LogP contribution in [0, 0.1) is 5.92 Å². The Kier molecular flexibility index (Phi) is 8.75. The summed E-state index contributed by atoms with van der Waals surface area (Å²) in [6, 6.07) is 5.67. The Bertz CT molecular complexity index is 545. The van der Waals surface area contributed by atoms with Crippen molar-refractivity contribution in [1.29, 1.82) is 0 Å². The number of hydrogen-bond donors (Lipinski definition) is 2. The number of methoxy groups -OCH3 is 1. The average molecular weight is 335 g/mol. The highest BCUT2D eigenvalue weighted by Gasteiger charge is 2.05. The molecule has 0 aromatic heterocycles. The van der Waals surface area contributed by atoms with Gasteiger partial charge in [0.05, 0.1) is 19.9 Å². The van der Waals surface area contributed by atoms with Gasteiger partial charge in [-0.15, -0.1) is 6.58 Å². The maximum Gasteiger partial charge on any atom is 0.187 e. The minimum atomic E-state index is 0.446. The first-order chi connectivity index (χ1) is 11.1. The Morgan fingerprint density at radius 3 is 2.83 bits per heavy atom. The van der Waals surface area contributed by atoms with Crippen LogP contribution >= 0.6 is 12.2 Å². The lowest BCUT2D eigenvalue weighted by Crippen LogP contribution is -2.31. The summed E-state index contributed by atoms with van der Waals surface area (Å²) in [6.07, 6.45) is 4.40. The van der Waals surface area contributed by atoms with E-state index < -0.39 is 0 Å². The summed E-state index contributed by atoms with van der Waals surface area (Å²) >= 11 is 5.04. The number of thiocarbonyl (C=S) groups is 1. The minimum absolute atomic E-state index is 0.446. The van der Waals surface area contributed by atoms with E-state index in [2.05, 4.69) is 36.3 Å². The van der Waals surface area contributed by atoms with E-state index >= 15 is 0 Å². The van der Waals surface area contributed by atoms with Crippen LogP contribution in [0.2, 0.25) is 0 Å². The Balaban J connectivity index is 2.60. The van der Waals surface area contributed by atoms with Gasteiger partial charge in [-0.05, 0) is 48.3 Å². The molecule has 0 aliphatic heterocycles. The van der Waals surface area contributed by atoms with Crippen molar-refractivity contribution in [3.05, 3.63) is 36.4 Å². The maximum absolute atomic E-state index is 5.76. The molecule has 0 aliphatic rings. The Labute approximate surface area is 143 Å². The zero-order chi connectivity index (χ0) is 17.1. The van der Waals surface area contributed by atoms with Crippen molar-refractivity contribution in [1.82, 2.24) is 10.7 Å². The van der Waals surface area contributed by atoms with E-state index in [-0.39, 0.29) is 0 Å². The molecular weight excluding hydrogens is 310 g/mol. The molecule has 0 heterocycles. The van der Waals surface area contributed by atoms with Crippen molar-refractivity contribution in [2.75, 3.05) is 20.3 Å². The van der Waals surface area contributed by atoms with Crippen molar-refractivity contribution < 1.29 is 9.47 Å². The zero-order valence-electron chi connectivity index (χ0n) is 14.0. The molecule has 23 heavy (non-hydrogen) atoms. The van der Waals surface area contributed by atoms with Gasteiger partial charge in [-0.1, -0.05) is 19.9 Å². The highest BCUT2D eigenvalue weighted by atomic mass is 32.1. The molecule has 5 nitrogen and oxygen atoms in total. The van der Waals surface area contributed by atoms with Crippen LogP contribution in [-0.4, -0.2) is 31.6 Å². The largest absolute Gasteiger partial charge is 0.493 e. The lowest BCUT2D eigenvalue weighted by atomic mass is 10.1. The molecule has 0 bridgehead atoms. The number of ether oxygens (including phenoxy) is 2. The predicted molar refractivity (Wildman–Crippen MR) is 99.5 cm³/mol. The summed E-state index contributed by atoms with van der Waals surface area (Å²) in [5.41, 5.74) is 3.62. The number of rotatable bonds is 9. The van der Waals surface area contributed by atoms with Crippen LogP contribution in [0.4, 0.5) is 0 Å². The predicted octanol–water partition coefficient (Wildman–Crippen LogP) is 3.10. The van der Waals surface area contributed by atoms with Crippen LogP contribution in [0.1, 0.15) is 25.8 Å². The van der Waals surface area contributed by atoms with Crippen molar-refractivity contribution in [2.24, 2.45) is 11.0 Å². The molecule has 2 N–H and O–H groups in total. The van der Waals surface area contributed by atoms with E-state index in [1.165, 1.54) is 0 Å². The lowest BCUT2D eigenvalue weighted by Gasteiger charge is -2.12. The van der Waals surface area contributed by atoms with Crippen molar-refractivity contribution in [2.45, 2.75) is 20.3 Å². The minimum Gasteiger partial charge on any atom is -0.493 e. The molecule has 0 spiro atoms. The Morgan fingerprint density at radius 2 is 2.17 bits per heavy atom. The van der Waals surface area contributed by atoms with Gasteiger partial charge in [-0.25, -0.2) is 0 Å². The van der Waals surface area contributed by atoms with E-state index in [1.807, 2.05) is 18.2 Å². The summed E-state index contributed by atoms with van der Waals surface area (Å²) in [4.78, 5) is 0. The molecule has 0 amide bonds. The van der Waals surface area contributed by atoms with Crippen LogP contribution in [0.3, 0.4) is 0 Å². The number of hydrazone groups is 1. The van der Waals surface area contributed by atoms with Gasteiger partial charge in [-0.3, -0.25) is 5.43 Å². The van der Waals surface area contributed by atoms with Crippen molar-refractivity contribution >= 4 is 23.5 Å². The summed E-state index contributed by atoms with van der Waals surface area (Å²) in [6.45, 7) is 9.21. The standard InChI is InChI=1S/C17H25N3O2S/c1-5-9-18-17(23)20-19-12-14-6-7-15(16(11-14)21-4)22-10-8-13(2)3/h5-7,11-13H,1,8-10H2,2-4H3,(H2,18,20,23)/b19-12-. The molecule has 0 saturated carbocycles. The van der Waals surface area contributed by atoms with Gasteiger partial charge in [0.15, 0.2) is 16.6 Å². The molecule has 0 radical (unpaired) electrons. The van der Waals surface area contributed by atoms with Crippen molar-refractivity contribution in [3.63, 3.8) is 0 Å². The Morgan fingerprint density at radius 1 is 1.39 bits per heavy atom. The highest BCUT2D eigenvalue weighted by Crippen LogP contribution is 2.27. The smallest absolute Gasteiger partial charge is 0.187 e. The maximum atomic E-state index is 5.76. The zero-order valence-corrected chi connectivity index (χ0v) is 14.8. The second-order valence-electron chi connectivity index (χ2n) is 5.31. The number of hydrogen-bond acceptors (Lipinski definition) is 4. The van der Waals surface area contributed by atoms with Crippen LogP contribution < -0.4 is 20.2 Å². The normalized spacial score (nSPS) is 10.6. The average Bonchev–Trinajstić information content (AvgIpc) is 2.53. The fourth-order valence-electron chi connectivity index (χ4n) is 1.66. The van der Waals surface area contributed by atoms with Crippen LogP contribution in [0.15, 0.2) is 36.0 Å². The number of nitrogens with one attached hydrogen (secondary N) is 2. The van der Waals surface area contributed by atoms with Gasteiger partial charge in [0.1, 0.15) is 0 Å². The first-order valence-corrected chi connectivity index (χ1v) is 7.96. The first kappa shape index (κ1) is 19.0. The van der Waals surface area contributed by atoms with E-state index in [0.717, 1.165) is 17.7 Å². The van der Waals surface area contributed by atoms with E-state index in [9.17, 15) is 0 Å². The van der Waals surface area contributed by atoms with Gasteiger partial charge < -0.3 is 14.8 Å². The summed E-state index contributed by atoms with van der Waals surface area (Å²) in [5, 5.41) is 7.45. The first-order valence-electron chi connectivity index (χ1n) is 7.55. The third-order valence-electron chi connectivity index (χ3n) is 2.93. The number of benzene rings is 1. The summed E-state index contributed by atoms with van der Waals surface area (Å²) < 4.78 is 11.1. The van der Waals surface area contributed by atoms with Gasteiger partial charge >= 0.3 is 0 Å². The second-order valence-corrected chi connectivity index (χ2v) is 5.72. The van der Waals surface area contributed by atoms with E-state index in [1.54, 1.807) is 19.4 Å². The molecule has 0 saturated heterocycles. The number of nitrogens with zero attached hydrogens (tertiary/aromatic N) is 1. The highest BCUT2D eigenvalue weighted by molar-refractivity contribution is 7.80. The van der Waals surface area contributed by atoms with E-state index in [0.29, 0.717) is 29.9 Å². The van der Waals surface area contributed by atoms with Gasteiger partial charge in [0.2, 0.25) is 0 Å². The molecule has 0 aliphatic carbocycles. The van der Waals surface area contributed by atoms with E-state index in [4.69, 9.17) is 21.7 Å². The summed E-state index contributed by atoms with van der Waals surface area (Å²) in [5.74, 6) is 2.03. The summed E-state index contributed by atoms with van der Waals surface area (Å²) in [7, 11) is 1.62. The third-order valence-corrected chi connectivity index (χ3v) is 3.16. The third kappa shape index (κ3) is 7.65. The van der Waals surface area contributed by atoms with Gasteiger partial charge in [0, 0.05) is 6.54 Å². The molecule has 0 fully saturated rings. The molecule has 0 atom stereocenters. The monoisotopic (exact) mass is 335 g/mol. The lowest BCUT2D eigenvalue weighted by molar-refractivity contribution is 0.273. The molecule has 0 unspecified atom stereocenters. The molecular formula is C17H25N3O2S. The molecule has 6 heteroatoms. The molecule has 1 aromatic carbocycles. The van der Waals surface area contributed by atoms with Crippen LogP contribution in [0.5, 0.6) is 11.5 Å². The molecule has 1 aromatic rings. The fourth-order valence-corrected chi connectivity index (χ4v) is 1.79. The molecule has 1 rings (SSSR count). The molecule has 126 valence electrons. The van der Waals surface area contributed by atoms with Crippen molar-refractivity contribution in [3.8, 4) is 11.5 Å². The fraction of sp³-hybridized carbons (Fsp3) is 0.412. The van der Waals surface area contributed by atoms with Crippen LogP contribution in [-0.2, 0) is 0 Å². The second kappa shape index (κ2) is 10.6. The Hall–Kier alpha value is -2.08. The quantitative estimate of drug-likeness (QED) is 0.314. The van der Waals surface area contributed by atoms with Crippen LogP contribution in [0.25, 0.3) is 0 Å². The SMILES string of the molecule is C=CCNC(=S)N/N=C\c1ccc(OCCC(C)C)c(OC)c1. The topological polar surface area (TPSA) is 54.9 Å². The van der Waals surface area contributed by atoms with Gasteiger partial charge in [-0.2, -0.15) is 5.10 Å².